The molecule has 1 spiro atoms. The van der Waals surface area contributed by atoms with Crippen LogP contribution in [-0.2, 0) is 19.1 Å². The SMILES string of the molecule is C=CCOC(=O)[C@H]1[C@H]2C(=O)N(CCCCCCO)C(C(=O)N(CC=C)c3cc(C)ccc3C)C23CC(Br)[C@@H]1S3. The number of benzene rings is 1. The first-order valence-electron chi connectivity index (χ1n) is 13.7. The van der Waals surface area contributed by atoms with Gasteiger partial charge in [0.05, 0.1) is 16.6 Å². The molecule has 39 heavy (non-hydrogen) atoms. The van der Waals surface area contributed by atoms with E-state index in [9.17, 15) is 14.4 Å². The molecule has 3 heterocycles. The third-order valence-corrected chi connectivity index (χ3v) is 11.4. The monoisotopic (exact) mass is 618 g/mol. The number of carbonyl (C=O) groups is 3. The van der Waals surface area contributed by atoms with Crippen LogP contribution in [0.25, 0.3) is 0 Å². The summed E-state index contributed by atoms with van der Waals surface area (Å²) in [5.74, 6) is -1.91. The normalized spacial score (nSPS) is 28.9. The zero-order valence-electron chi connectivity index (χ0n) is 22.8. The lowest BCUT2D eigenvalue weighted by atomic mass is 9.71. The average molecular weight is 620 g/mol. The molecule has 212 valence electrons. The highest BCUT2D eigenvalue weighted by atomic mass is 79.9. The molecule has 2 bridgehead atoms. The molecule has 3 aliphatic heterocycles. The number of thioether (sulfide) groups is 1. The number of carbonyl (C=O) groups excluding carboxylic acids is 3. The second-order valence-electron chi connectivity index (χ2n) is 10.8. The Morgan fingerprint density at radius 2 is 1.97 bits per heavy atom. The molecule has 9 heteroatoms. The molecule has 4 rings (SSSR count). The van der Waals surface area contributed by atoms with Crippen LogP contribution in [0, 0.1) is 25.7 Å². The summed E-state index contributed by atoms with van der Waals surface area (Å²) >= 11 is 5.41. The molecule has 3 aliphatic rings. The third-order valence-electron chi connectivity index (χ3n) is 8.18. The number of amides is 2. The Morgan fingerprint density at radius 1 is 1.23 bits per heavy atom. The number of halogens is 1. The van der Waals surface area contributed by atoms with Gasteiger partial charge < -0.3 is 19.6 Å². The highest BCUT2D eigenvalue weighted by Gasteiger charge is 2.76. The first-order chi connectivity index (χ1) is 18.7. The van der Waals surface area contributed by atoms with Gasteiger partial charge in [0.2, 0.25) is 5.91 Å². The van der Waals surface area contributed by atoms with E-state index in [0.717, 1.165) is 36.1 Å². The molecule has 6 atom stereocenters. The molecule has 3 unspecified atom stereocenters. The van der Waals surface area contributed by atoms with E-state index in [4.69, 9.17) is 9.84 Å². The fourth-order valence-corrected chi connectivity index (χ4v) is 10.1. The molecule has 1 aromatic rings. The molecule has 0 aliphatic carbocycles. The molecule has 3 saturated heterocycles. The van der Waals surface area contributed by atoms with Crippen molar-refractivity contribution in [2.24, 2.45) is 11.8 Å². The van der Waals surface area contributed by atoms with Gasteiger partial charge in [-0.15, -0.1) is 18.3 Å². The van der Waals surface area contributed by atoms with Gasteiger partial charge >= 0.3 is 5.97 Å². The Kier molecular flexibility index (Phi) is 9.65. The van der Waals surface area contributed by atoms with Crippen molar-refractivity contribution in [1.29, 1.82) is 0 Å². The van der Waals surface area contributed by atoms with Crippen LogP contribution in [-0.4, -0.2) is 75.0 Å². The van der Waals surface area contributed by atoms with Crippen molar-refractivity contribution in [3.8, 4) is 0 Å². The lowest BCUT2D eigenvalue weighted by molar-refractivity contribution is -0.153. The van der Waals surface area contributed by atoms with E-state index in [-0.39, 0.29) is 35.1 Å². The number of hydrogen-bond donors (Lipinski definition) is 1. The van der Waals surface area contributed by atoms with Crippen LogP contribution < -0.4 is 4.90 Å². The average Bonchev–Trinajstić information content (AvgIpc) is 3.50. The number of anilines is 1. The summed E-state index contributed by atoms with van der Waals surface area (Å²) < 4.78 is 4.75. The third kappa shape index (κ3) is 5.46. The van der Waals surface area contributed by atoms with Crippen molar-refractivity contribution in [3.63, 3.8) is 0 Å². The van der Waals surface area contributed by atoms with Crippen molar-refractivity contribution in [1.82, 2.24) is 4.90 Å². The number of esters is 1. The lowest BCUT2D eigenvalue weighted by Crippen LogP contribution is -2.55. The number of aliphatic hydroxyl groups is 1. The maximum absolute atomic E-state index is 14.7. The Bertz CT molecular complexity index is 1130. The second kappa shape index (κ2) is 12.6. The molecule has 3 fully saturated rings. The fourth-order valence-electron chi connectivity index (χ4n) is 6.50. The number of hydrogen-bond acceptors (Lipinski definition) is 6. The largest absolute Gasteiger partial charge is 0.461 e. The first-order valence-corrected chi connectivity index (χ1v) is 15.5. The number of nitrogens with zero attached hydrogens (tertiary/aromatic N) is 2. The van der Waals surface area contributed by atoms with Gasteiger partial charge in [0.15, 0.2) is 0 Å². The number of ether oxygens (including phenoxy) is 1. The smallest absolute Gasteiger partial charge is 0.311 e. The van der Waals surface area contributed by atoms with Crippen molar-refractivity contribution in [2.45, 2.75) is 66.8 Å². The maximum Gasteiger partial charge on any atom is 0.311 e. The van der Waals surface area contributed by atoms with E-state index in [2.05, 4.69) is 29.1 Å². The molecular formula is C30H39BrN2O5S. The van der Waals surface area contributed by atoms with E-state index in [1.54, 1.807) is 27.6 Å². The Labute approximate surface area is 244 Å². The van der Waals surface area contributed by atoms with E-state index in [1.165, 1.54) is 6.08 Å². The van der Waals surface area contributed by atoms with Gasteiger partial charge in [0, 0.05) is 35.5 Å². The van der Waals surface area contributed by atoms with Crippen LogP contribution in [0.2, 0.25) is 0 Å². The van der Waals surface area contributed by atoms with E-state index in [1.807, 2.05) is 32.0 Å². The molecule has 1 N–H and O–H groups in total. The van der Waals surface area contributed by atoms with E-state index in [0.29, 0.717) is 25.9 Å². The minimum absolute atomic E-state index is 0.0128. The van der Waals surface area contributed by atoms with Crippen molar-refractivity contribution < 1.29 is 24.2 Å². The zero-order chi connectivity index (χ0) is 28.3. The molecule has 0 aromatic heterocycles. The van der Waals surface area contributed by atoms with Crippen molar-refractivity contribution in [2.75, 3.05) is 31.2 Å². The standard InChI is InChI=1S/C30H39BrN2O5S/c1-5-13-32(22-17-19(3)11-12-20(22)4)28(36)26-30-18-21(31)25(39-30)23(29(37)38-16-6-2)24(30)27(35)33(26)14-9-7-8-10-15-34/h5-6,11-12,17,21,23-26,34H,1-2,7-10,13-16,18H2,3-4H3/t21?,23-,24-,25-,26?,30?/m0/s1. The summed E-state index contributed by atoms with van der Waals surface area (Å²) in [6, 6.07) is 5.32. The minimum Gasteiger partial charge on any atom is -0.461 e. The Balaban J connectivity index is 1.75. The highest BCUT2D eigenvalue weighted by molar-refractivity contribution is 9.09. The number of fused-ring (bicyclic) bond motifs is 1. The number of likely N-dealkylation sites (tertiary alicyclic amines) is 1. The quantitative estimate of drug-likeness (QED) is 0.151. The second-order valence-corrected chi connectivity index (χ2v) is 13.5. The predicted molar refractivity (Wildman–Crippen MR) is 159 cm³/mol. The molecule has 0 radical (unpaired) electrons. The fraction of sp³-hybridized carbons (Fsp3) is 0.567. The van der Waals surface area contributed by atoms with Crippen LogP contribution in [0.5, 0.6) is 0 Å². The van der Waals surface area contributed by atoms with Gasteiger partial charge in [-0.05, 0) is 50.3 Å². The van der Waals surface area contributed by atoms with Gasteiger partial charge in [-0.2, -0.15) is 0 Å². The highest BCUT2D eigenvalue weighted by Crippen LogP contribution is 2.68. The topological polar surface area (TPSA) is 87.1 Å². The van der Waals surface area contributed by atoms with E-state index < -0.39 is 28.6 Å². The summed E-state index contributed by atoms with van der Waals surface area (Å²) in [7, 11) is 0. The summed E-state index contributed by atoms with van der Waals surface area (Å²) in [5.41, 5.74) is 2.82. The van der Waals surface area contributed by atoms with Crippen LogP contribution in [0.1, 0.15) is 43.2 Å². The van der Waals surface area contributed by atoms with Crippen molar-refractivity contribution in [3.05, 3.63) is 54.6 Å². The predicted octanol–water partition coefficient (Wildman–Crippen LogP) is 4.57. The summed E-state index contributed by atoms with van der Waals surface area (Å²) in [5, 5.41) is 9.02. The zero-order valence-corrected chi connectivity index (χ0v) is 25.2. The number of alkyl halides is 1. The van der Waals surface area contributed by atoms with Crippen LogP contribution in [0.3, 0.4) is 0 Å². The van der Waals surface area contributed by atoms with E-state index >= 15 is 0 Å². The van der Waals surface area contributed by atoms with Crippen LogP contribution in [0.15, 0.2) is 43.5 Å². The maximum atomic E-state index is 14.7. The number of unbranched alkanes of at least 4 members (excludes halogenated alkanes) is 3. The number of rotatable bonds is 13. The lowest BCUT2D eigenvalue weighted by Gasteiger charge is -2.38. The summed E-state index contributed by atoms with van der Waals surface area (Å²) in [4.78, 5) is 45.6. The van der Waals surface area contributed by atoms with Crippen molar-refractivity contribution >= 4 is 51.2 Å². The molecule has 1 aromatic carbocycles. The molecule has 2 amide bonds. The van der Waals surface area contributed by atoms with Gasteiger partial charge in [-0.25, -0.2) is 0 Å². The first kappa shape index (κ1) is 29.9. The minimum atomic E-state index is -0.729. The summed E-state index contributed by atoms with van der Waals surface area (Å²) in [6.45, 7) is 12.5. The molecular weight excluding hydrogens is 580 g/mol. The number of aliphatic hydroxyl groups excluding tert-OH is 1. The van der Waals surface area contributed by atoms with Crippen LogP contribution >= 0.6 is 27.7 Å². The summed E-state index contributed by atoms with van der Waals surface area (Å²) in [6.07, 6.45) is 7.00. The Morgan fingerprint density at radius 3 is 2.67 bits per heavy atom. The Hall–Kier alpha value is -2.10. The number of aryl methyl sites for hydroxylation is 2. The van der Waals surface area contributed by atoms with Crippen LogP contribution in [0.4, 0.5) is 5.69 Å². The van der Waals surface area contributed by atoms with Gasteiger partial charge in [-0.3, -0.25) is 14.4 Å². The van der Waals surface area contributed by atoms with Gasteiger partial charge in [-0.1, -0.05) is 59.6 Å². The van der Waals surface area contributed by atoms with Gasteiger partial charge in [0.25, 0.3) is 5.91 Å². The molecule has 7 nitrogen and oxygen atoms in total. The van der Waals surface area contributed by atoms with Gasteiger partial charge in [0.1, 0.15) is 12.6 Å². The molecule has 0 saturated carbocycles.